The topological polar surface area (TPSA) is 58.6 Å². The van der Waals surface area contributed by atoms with Crippen LogP contribution < -0.4 is 5.32 Å². The summed E-state index contributed by atoms with van der Waals surface area (Å²) in [7, 11) is 0. The summed E-state index contributed by atoms with van der Waals surface area (Å²) in [4.78, 5) is 26.2. The van der Waals surface area contributed by atoms with Crippen LogP contribution in [0.3, 0.4) is 0 Å². The molecule has 106 valence electrons. The number of piperazine rings is 1. The van der Waals surface area contributed by atoms with E-state index in [0.717, 1.165) is 25.7 Å². The second kappa shape index (κ2) is 4.47. The maximum absolute atomic E-state index is 12.5. The largest absolute Gasteiger partial charge is 0.375 e. The Morgan fingerprint density at radius 1 is 1.26 bits per heavy atom. The lowest BCUT2D eigenvalue weighted by Gasteiger charge is -2.44. The standard InChI is InChI=1S/C14H22N2O3/c1-14(2)7-10(5-6-19-14)16-8-11(17)15-12(13(16)18)9-3-4-9/h9-10,12H,3-8H2,1-2H3,(H,15,17). The Morgan fingerprint density at radius 2 is 2.00 bits per heavy atom. The van der Waals surface area contributed by atoms with Crippen LogP contribution in [0.4, 0.5) is 0 Å². The Balaban J connectivity index is 1.74. The Morgan fingerprint density at radius 3 is 2.63 bits per heavy atom. The normalized spacial score (nSPS) is 35.2. The van der Waals surface area contributed by atoms with Crippen molar-refractivity contribution in [3.05, 3.63) is 0 Å². The van der Waals surface area contributed by atoms with E-state index in [-0.39, 0.29) is 36.0 Å². The zero-order valence-corrected chi connectivity index (χ0v) is 11.6. The van der Waals surface area contributed by atoms with E-state index in [9.17, 15) is 9.59 Å². The maximum atomic E-state index is 12.5. The lowest BCUT2D eigenvalue weighted by molar-refractivity contribution is -0.153. The number of nitrogens with one attached hydrogen (secondary N) is 1. The van der Waals surface area contributed by atoms with E-state index in [2.05, 4.69) is 5.32 Å². The summed E-state index contributed by atoms with van der Waals surface area (Å²) in [5.74, 6) is 0.470. The zero-order valence-electron chi connectivity index (χ0n) is 11.6. The van der Waals surface area contributed by atoms with Gasteiger partial charge in [0, 0.05) is 12.6 Å². The van der Waals surface area contributed by atoms with Crippen molar-refractivity contribution in [1.29, 1.82) is 0 Å². The number of rotatable bonds is 2. The highest BCUT2D eigenvalue weighted by molar-refractivity contribution is 5.95. The molecule has 2 aliphatic heterocycles. The van der Waals surface area contributed by atoms with Crippen LogP contribution in [-0.4, -0.2) is 47.6 Å². The molecule has 0 aromatic rings. The third-order valence-corrected chi connectivity index (χ3v) is 4.38. The van der Waals surface area contributed by atoms with E-state index in [1.165, 1.54) is 0 Å². The van der Waals surface area contributed by atoms with Crippen LogP contribution in [-0.2, 0) is 14.3 Å². The third kappa shape index (κ3) is 2.61. The Labute approximate surface area is 113 Å². The molecule has 2 saturated heterocycles. The van der Waals surface area contributed by atoms with Gasteiger partial charge in [0.05, 0.1) is 12.1 Å². The molecule has 2 heterocycles. The van der Waals surface area contributed by atoms with Crippen molar-refractivity contribution in [1.82, 2.24) is 10.2 Å². The molecule has 0 aromatic heterocycles. The SMILES string of the molecule is CC1(C)CC(N2CC(=O)NC(C3CC3)C2=O)CCO1. The van der Waals surface area contributed by atoms with Crippen molar-refractivity contribution in [2.24, 2.45) is 5.92 Å². The van der Waals surface area contributed by atoms with Crippen molar-refractivity contribution in [2.75, 3.05) is 13.2 Å². The third-order valence-electron chi connectivity index (χ3n) is 4.38. The first-order chi connectivity index (χ1) is 8.96. The number of hydrogen-bond acceptors (Lipinski definition) is 3. The minimum absolute atomic E-state index is 0.0132. The zero-order chi connectivity index (χ0) is 13.6. The fraction of sp³-hybridized carbons (Fsp3) is 0.857. The first-order valence-electron chi connectivity index (χ1n) is 7.20. The predicted octanol–water partition coefficient (Wildman–Crippen LogP) is 0.681. The number of carbonyl (C=O) groups is 2. The molecule has 0 bridgehead atoms. The number of ether oxygens (including phenoxy) is 1. The first-order valence-corrected chi connectivity index (χ1v) is 7.20. The van der Waals surface area contributed by atoms with E-state index in [4.69, 9.17) is 4.74 Å². The Kier molecular flexibility index (Phi) is 3.04. The van der Waals surface area contributed by atoms with Crippen LogP contribution in [0.1, 0.15) is 39.5 Å². The lowest BCUT2D eigenvalue weighted by atomic mass is 9.91. The van der Waals surface area contributed by atoms with Crippen LogP contribution in [0.25, 0.3) is 0 Å². The van der Waals surface area contributed by atoms with Gasteiger partial charge in [-0.25, -0.2) is 0 Å². The summed E-state index contributed by atoms with van der Waals surface area (Å²) < 4.78 is 5.70. The van der Waals surface area contributed by atoms with Crippen molar-refractivity contribution in [2.45, 2.75) is 57.2 Å². The summed E-state index contributed by atoms with van der Waals surface area (Å²) >= 11 is 0. The van der Waals surface area contributed by atoms with Crippen molar-refractivity contribution in [3.8, 4) is 0 Å². The molecule has 0 spiro atoms. The molecule has 2 atom stereocenters. The molecule has 5 nitrogen and oxygen atoms in total. The minimum atomic E-state index is -0.271. The summed E-state index contributed by atoms with van der Waals surface area (Å²) in [6.45, 7) is 4.97. The molecule has 1 aliphatic carbocycles. The second-order valence-electron chi connectivity index (χ2n) is 6.60. The van der Waals surface area contributed by atoms with Gasteiger partial charge in [0.15, 0.2) is 0 Å². The van der Waals surface area contributed by atoms with Crippen LogP contribution >= 0.6 is 0 Å². The first kappa shape index (κ1) is 12.9. The average Bonchev–Trinajstić information content (AvgIpc) is 3.14. The van der Waals surface area contributed by atoms with Gasteiger partial charge in [0.25, 0.3) is 0 Å². The van der Waals surface area contributed by atoms with Crippen LogP contribution in [0.2, 0.25) is 0 Å². The monoisotopic (exact) mass is 266 g/mol. The second-order valence-corrected chi connectivity index (χ2v) is 6.60. The molecule has 3 fully saturated rings. The number of amides is 2. The quantitative estimate of drug-likeness (QED) is 0.799. The molecule has 2 unspecified atom stereocenters. The fourth-order valence-corrected chi connectivity index (χ4v) is 3.22. The van der Waals surface area contributed by atoms with Gasteiger partial charge in [0.1, 0.15) is 6.04 Å². The Bertz CT molecular complexity index is 403. The molecule has 2 amide bonds. The number of hydrogen-bond donors (Lipinski definition) is 1. The lowest BCUT2D eigenvalue weighted by Crippen LogP contribution is -2.62. The van der Waals surface area contributed by atoms with Gasteiger partial charge >= 0.3 is 0 Å². The molecule has 5 heteroatoms. The van der Waals surface area contributed by atoms with E-state index >= 15 is 0 Å². The summed E-state index contributed by atoms with van der Waals surface area (Å²) in [6.07, 6.45) is 3.76. The molecule has 1 saturated carbocycles. The van der Waals surface area contributed by atoms with Crippen molar-refractivity contribution >= 4 is 11.8 Å². The van der Waals surface area contributed by atoms with Gasteiger partial charge in [-0.1, -0.05) is 0 Å². The summed E-state index contributed by atoms with van der Waals surface area (Å²) in [5, 5.41) is 2.86. The predicted molar refractivity (Wildman–Crippen MR) is 69.4 cm³/mol. The van der Waals surface area contributed by atoms with Crippen molar-refractivity contribution < 1.29 is 14.3 Å². The summed E-state index contributed by atoms with van der Waals surface area (Å²) in [6, 6.07) is -0.129. The molecular weight excluding hydrogens is 244 g/mol. The molecular formula is C14H22N2O3. The van der Waals surface area contributed by atoms with Crippen LogP contribution in [0, 0.1) is 5.92 Å². The molecule has 19 heavy (non-hydrogen) atoms. The molecule has 0 aromatic carbocycles. The van der Waals surface area contributed by atoms with E-state index in [0.29, 0.717) is 12.5 Å². The van der Waals surface area contributed by atoms with Crippen LogP contribution in [0.15, 0.2) is 0 Å². The summed E-state index contributed by atoms with van der Waals surface area (Å²) in [5.41, 5.74) is -0.202. The van der Waals surface area contributed by atoms with E-state index in [1.54, 1.807) is 4.90 Å². The van der Waals surface area contributed by atoms with Gasteiger partial charge < -0.3 is 15.0 Å². The van der Waals surface area contributed by atoms with Gasteiger partial charge in [-0.2, -0.15) is 0 Å². The smallest absolute Gasteiger partial charge is 0.246 e. The number of carbonyl (C=O) groups excluding carboxylic acids is 2. The maximum Gasteiger partial charge on any atom is 0.246 e. The molecule has 3 rings (SSSR count). The highest BCUT2D eigenvalue weighted by Gasteiger charge is 2.45. The van der Waals surface area contributed by atoms with Crippen molar-refractivity contribution in [3.63, 3.8) is 0 Å². The van der Waals surface area contributed by atoms with Crippen LogP contribution in [0.5, 0.6) is 0 Å². The van der Waals surface area contributed by atoms with Gasteiger partial charge in [-0.3, -0.25) is 9.59 Å². The highest BCUT2D eigenvalue weighted by Crippen LogP contribution is 2.36. The molecule has 1 N–H and O–H groups in total. The number of nitrogens with zero attached hydrogens (tertiary/aromatic N) is 1. The minimum Gasteiger partial charge on any atom is -0.375 e. The molecule has 3 aliphatic rings. The highest BCUT2D eigenvalue weighted by atomic mass is 16.5. The van der Waals surface area contributed by atoms with E-state index in [1.807, 2.05) is 13.8 Å². The van der Waals surface area contributed by atoms with Gasteiger partial charge in [-0.05, 0) is 45.4 Å². The molecule has 0 radical (unpaired) electrons. The van der Waals surface area contributed by atoms with Gasteiger partial charge in [-0.15, -0.1) is 0 Å². The van der Waals surface area contributed by atoms with E-state index < -0.39 is 0 Å². The van der Waals surface area contributed by atoms with Gasteiger partial charge in [0.2, 0.25) is 11.8 Å². The Hall–Kier alpha value is -1.10. The fourth-order valence-electron chi connectivity index (χ4n) is 3.22. The average molecular weight is 266 g/mol.